The first kappa shape index (κ1) is 11.5. The zero-order valence-electron chi connectivity index (χ0n) is 10.3. The molecule has 3 fully saturated rings. The molecule has 0 radical (unpaired) electrons. The van der Waals surface area contributed by atoms with Crippen molar-refractivity contribution in [1.82, 2.24) is 10.6 Å². The van der Waals surface area contributed by atoms with Crippen LogP contribution in [0.25, 0.3) is 0 Å². The average Bonchev–Trinajstić information content (AvgIpc) is 2.82. The number of carbonyl (C=O) groups excluding carboxylic acids is 1. The first-order valence-electron chi connectivity index (χ1n) is 6.99. The number of carbonyl (C=O) groups is 1. The molecule has 3 atom stereocenters. The van der Waals surface area contributed by atoms with E-state index in [2.05, 4.69) is 10.6 Å². The molecule has 4 heteroatoms. The van der Waals surface area contributed by atoms with Crippen LogP contribution in [0.5, 0.6) is 0 Å². The van der Waals surface area contributed by atoms with Crippen molar-refractivity contribution >= 4 is 5.91 Å². The number of fused-ring (bicyclic) bond motifs is 1. The summed E-state index contributed by atoms with van der Waals surface area (Å²) in [4.78, 5) is 11.9. The summed E-state index contributed by atoms with van der Waals surface area (Å²) in [5.41, 5.74) is 0. The molecule has 0 aromatic rings. The van der Waals surface area contributed by atoms with Crippen molar-refractivity contribution < 1.29 is 9.53 Å². The minimum absolute atomic E-state index is 0.240. The highest BCUT2D eigenvalue weighted by Gasteiger charge is 2.37. The van der Waals surface area contributed by atoms with Gasteiger partial charge in [-0.05, 0) is 25.7 Å². The number of rotatable bonds is 3. The highest BCUT2D eigenvalue weighted by Crippen LogP contribution is 2.26. The topological polar surface area (TPSA) is 50.4 Å². The van der Waals surface area contributed by atoms with E-state index >= 15 is 0 Å². The van der Waals surface area contributed by atoms with Crippen LogP contribution in [0, 0.1) is 5.92 Å². The molecule has 1 saturated carbocycles. The van der Waals surface area contributed by atoms with E-state index in [0.717, 1.165) is 25.8 Å². The number of ether oxygens (including phenoxy) is 1. The molecule has 3 aliphatic rings. The van der Waals surface area contributed by atoms with Gasteiger partial charge in [-0.2, -0.15) is 0 Å². The Hall–Kier alpha value is -0.610. The van der Waals surface area contributed by atoms with Crippen molar-refractivity contribution in [2.75, 3.05) is 13.1 Å². The van der Waals surface area contributed by atoms with Gasteiger partial charge < -0.3 is 15.4 Å². The Balaban J connectivity index is 1.40. The monoisotopic (exact) mass is 238 g/mol. The van der Waals surface area contributed by atoms with Crippen LogP contribution in [0.2, 0.25) is 0 Å². The predicted octanol–water partition coefficient (Wildman–Crippen LogP) is 0.812. The van der Waals surface area contributed by atoms with Gasteiger partial charge in [0.05, 0.1) is 12.2 Å². The smallest absolute Gasteiger partial charge is 0.223 e. The highest BCUT2D eigenvalue weighted by molar-refractivity contribution is 5.78. The van der Waals surface area contributed by atoms with Crippen LogP contribution in [-0.2, 0) is 9.53 Å². The van der Waals surface area contributed by atoms with Crippen LogP contribution in [0.3, 0.4) is 0 Å². The lowest BCUT2D eigenvalue weighted by Gasteiger charge is -2.44. The van der Waals surface area contributed by atoms with Crippen LogP contribution in [0.15, 0.2) is 0 Å². The molecule has 3 rings (SSSR count). The zero-order chi connectivity index (χ0) is 11.7. The summed E-state index contributed by atoms with van der Waals surface area (Å²) in [6.45, 7) is 1.69. The van der Waals surface area contributed by atoms with E-state index in [4.69, 9.17) is 4.74 Å². The van der Waals surface area contributed by atoms with Gasteiger partial charge >= 0.3 is 0 Å². The Labute approximate surface area is 102 Å². The van der Waals surface area contributed by atoms with Crippen molar-refractivity contribution in [2.24, 2.45) is 5.92 Å². The lowest BCUT2D eigenvalue weighted by atomic mass is 9.92. The molecule has 2 N–H and O–H groups in total. The van der Waals surface area contributed by atoms with E-state index in [9.17, 15) is 4.79 Å². The van der Waals surface area contributed by atoms with Crippen LogP contribution >= 0.6 is 0 Å². The summed E-state index contributed by atoms with van der Waals surface area (Å²) in [5.74, 6) is 0.525. The molecule has 2 saturated heterocycles. The van der Waals surface area contributed by atoms with Crippen LogP contribution in [-0.4, -0.2) is 37.2 Å². The first-order chi connectivity index (χ1) is 8.33. The van der Waals surface area contributed by atoms with Gasteiger partial charge in [0.15, 0.2) is 0 Å². The maximum absolute atomic E-state index is 11.9. The number of hydrogen-bond acceptors (Lipinski definition) is 3. The molecular formula is C13H22N2O2. The van der Waals surface area contributed by atoms with Crippen molar-refractivity contribution in [1.29, 1.82) is 0 Å². The predicted molar refractivity (Wildman–Crippen MR) is 64.7 cm³/mol. The van der Waals surface area contributed by atoms with Gasteiger partial charge in [-0.15, -0.1) is 0 Å². The molecule has 2 aliphatic heterocycles. The molecule has 1 amide bonds. The Morgan fingerprint density at radius 2 is 2.06 bits per heavy atom. The zero-order valence-corrected chi connectivity index (χ0v) is 10.3. The fourth-order valence-corrected chi connectivity index (χ4v) is 3.19. The second-order valence-electron chi connectivity index (χ2n) is 5.62. The summed E-state index contributed by atoms with van der Waals surface area (Å²) >= 11 is 0. The summed E-state index contributed by atoms with van der Waals surface area (Å²) in [7, 11) is 0. The lowest BCUT2D eigenvalue weighted by molar-refractivity contribution is -0.128. The molecule has 0 unspecified atom stereocenters. The third-order valence-corrected chi connectivity index (χ3v) is 4.43. The molecule has 96 valence electrons. The summed E-state index contributed by atoms with van der Waals surface area (Å²) in [6.07, 6.45) is 7.48. The molecule has 4 nitrogen and oxygen atoms in total. The fraction of sp³-hybridized carbons (Fsp3) is 0.923. The normalized spacial score (nSPS) is 37.3. The molecule has 0 aromatic heterocycles. The number of hydrogen-bond donors (Lipinski definition) is 2. The molecule has 0 aromatic carbocycles. The second-order valence-corrected chi connectivity index (χ2v) is 5.62. The fourth-order valence-electron chi connectivity index (χ4n) is 3.19. The lowest BCUT2D eigenvalue weighted by Crippen LogP contribution is -2.62. The SMILES string of the molecule is O=C(NC[C@H]1CC[C@@H]2NC[C@@H]2O1)C1CCCC1. The van der Waals surface area contributed by atoms with E-state index in [1.807, 2.05) is 0 Å². The van der Waals surface area contributed by atoms with Crippen molar-refractivity contribution in [3.8, 4) is 0 Å². The Bertz CT molecular complexity index is 289. The van der Waals surface area contributed by atoms with E-state index in [0.29, 0.717) is 18.7 Å². The summed E-state index contributed by atoms with van der Waals surface area (Å²) in [5, 5.41) is 6.43. The largest absolute Gasteiger partial charge is 0.370 e. The average molecular weight is 238 g/mol. The van der Waals surface area contributed by atoms with Crippen LogP contribution in [0.1, 0.15) is 38.5 Å². The third-order valence-electron chi connectivity index (χ3n) is 4.43. The maximum atomic E-state index is 11.9. The van der Waals surface area contributed by atoms with Gasteiger partial charge in [-0.1, -0.05) is 12.8 Å². The van der Waals surface area contributed by atoms with Gasteiger partial charge in [0.25, 0.3) is 0 Å². The summed E-state index contributed by atoms with van der Waals surface area (Å²) in [6, 6.07) is 0.580. The van der Waals surface area contributed by atoms with Crippen LogP contribution < -0.4 is 10.6 Å². The molecule has 17 heavy (non-hydrogen) atoms. The second kappa shape index (κ2) is 4.94. The van der Waals surface area contributed by atoms with Gasteiger partial charge in [0, 0.05) is 25.0 Å². The van der Waals surface area contributed by atoms with E-state index in [-0.39, 0.29) is 17.9 Å². The van der Waals surface area contributed by atoms with Crippen LogP contribution in [0.4, 0.5) is 0 Å². The molecular weight excluding hydrogens is 216 g/mol. The Kier molecular flexibility index (Phi) is 3.34. The number of nitrogens with one attached hydrogen (secondary N) is 2. The van der Waals surface area contributed by atoms with E-state index in [1.165, 1.54) is 19.3 Å². The first-order valence-corrected chi connectivity index (χ1v) is 6.99. The minimum atomic E-state index is 0.240. The van der Waals surface area contributed by atoms with Crippen molar-refractivity contribution in [3.05, 3.63) is 0 Å². The molecule has 1 aliphatic carbocycles. The van der Waals surface area contributed by atoms with Gasteiger partial charge in [0.1, 0.15) is 0 Å². The standard InChI is InChI=1S/C13H22N2O2/c16-13(9-3-1-2-4-9)15-7-10-5-6-11-12(17-10)8-14-11/h9-12,14H,1-8H2,(H,15,16)/t10-,11+,12+/m1/s1. The Morgan fingerprint density at radius 1 is 1.24 bits per heavy atom. The maximum Gasteiger partial charge on any atom is 0.223 e. The van der Waals surface area contributed by atoms with Gasteiger partial charge in [0.2, 0.25) is 5.91 Å². The third kappa shape index (κ3) is 2.47. The quantitative estimate of drug-likeness (QED) is 0.765. The van der Waals surface area contributed by atoms with E-state index < -0.39 is 0 Å². The summed E-state index contributed by atoms with van der Waals surface area (Å²) < 4.78 is 5.92. The van der Waals surface area contributed by atoms with E-state index in [1.54, 1.807) is 0 Å². The van der Waals surface area contributed by atoms with Crippen molar-refractivity contribution in [2.45, 2.75) is 56.8 Å². The Morgan fingerprint density at radius 3 is 2.71 bits per heavy atom. The minimum Gasteiger partial charge on any atom is -0.370 e. The molecule has 0 spiro atoms. The molecule has 2 heterocycles. The van der Waals surface area contributed by atoms with Crippen molar-refractivity contribution in [3.63, 3.8) is 0 Å². The van der Waals surface area contributed by atoms with Gasteiger partial charge in [-0.3, -0.25) is 4.79 Å². The molecule has 0 bridgehead atoms. The number of amides is 1. The highest BCUT2D eigenvalue weighted by atomic mass is 16.5. The van der Waals surface area contributed by atoms with Gasteiger partial charge in [-0.25, -0.2) is 0 Å².